The van der Waals surface area contributed by atoms with Gasteiger partial charge < -0.3 is 18.8 Å². The van der Waals surface area contributed by atoms with Crippen LogP contribution in [0.25, 0.3) is 0 Å². The fraction of sp³-hybridized carbons (Fsp3) is 0.552. The Balaban J connectivity index is 1.69. The zero-order valence-electron chi connectivity index (χ0n) is 23.3. The van der Waals surface area contributed by atoms with E-state index in [2.05, 4.69) is 63.0 Å². The quantitative estimate of drug-likeness (QED) is 0.386. The average molecular weight is 513 g/mol. The molecule has 0 saturated carbocycles. The van der Waals surface area contributed by atoms with E-state index >= 15 is 0 Å². The molecule has 1 amide bonds. The van der Waals surface area contributed by atoms with Crippen LogP contribution in [0.5, 0.6) is 5.75 Å². The molecule has 0 radical (unpaired) electrons. The molecular weight excluding hydrogens is 468 g/mol. The summed E-state index contributed by atoms with van der Waals surface area (Å²) in [5.41, 5.74) is 1.72. The molecule has 2 aromatic rings. The molecule has 1 fully saturated rings. The standard InChI is InChI=1S/C29H44N2O4Si/c1-28(2,3)35-27(32)31-19-18-30(20-25(31)22-34-36(7,8)29(4,5)6)24-14-16-26(17-15-24)33-21-23-12-10-9-11-13-23/h9-17,25H,18-22H2,1-8H3/t25-/m1/s1. The van der Waals surface area contributed by atoms with Crippen molar-refractivity contribution in [3.63, 3.8) is 0 Å². The Morgan fingerprint density at radius 2 is 1.58 bits per heavy atom. The first kappa shape index (κ1) is 28.1. The van der Waals surface area contributed by atoms with Crippen LogP contribution in [0.2, 0.25) is 18.1 Å². The summed E-state index contributed by atoms with van der Waals surface area (Å²) < 4.78 is 18.3. The topological polar surface area (TPSA) is 51.2 Å². The van der Waals surface area contributed by atoms with Gasteiger partial charge in [0.25, 0.3) is 0 Å². The summed E-state index contributed by atoms with van der Waals surface area (Å²) in [7, 11) is -1.96. The molecule has 7 heteroatoms. The molecule has 1 saturated heterocycles. The third kappa shape index (κ3) is 7.74. The largest absolute Gasteiger partial charge is 0.489 e. The number of carbonyl (C=O) groups is 1. The Bertz CT molecular complexity index is 981. The van der Waals surface area contributed by atoms with Gasteiger partial charge in [0.15, 0.2) is 8.32 Å². The van der Waals surface area contributed by atoms with E-state index in [9.17, 15) is 4.79 Å². The molecule has 3 rings (SSSR count). The van der Waals surface area contributed by atoms with Gasteiger partial charge in [-0.1, -0.05) is 51.1 Å². The first-order valence-electron chi connectivity index (χ1n) is 12.9. The SMILES string of the molecule is CC(C)(C)OC(=O)N1CCN(c2ccc(OCc3ccccc3)cc2)C[C@@H]1CO[Si](C)(C)C(C)(C)C. The minimum absolute atomic E-state index is 0.0864. The van der Waals surface area contributed by atoms with Gasteiger partial charge in [0.05, 0.1) is 12.6 Å². The molecule has 6 nitrogen and oxygen atoms in total. The van der Waals surface area contributed by atoms with E-state index in [1.807, 2.05) is 56.0 Å². The van der Waals surface area contributed by atoms with Crippen LogP contribution >= 0.6 is 0 Å². The van der Waals surface area contributed by atoms with Gasteiger partial charge in [-0.05, 0) is 68.7 Å². The average Bonchev–Trinajstić information content (AvgIpc) is 2.80. The minimum Gasteiger partial charge on any atom is -0.489 e. The van der Waals surface area contributed by atoms with Crippen molar-refractivity contribution in [3.05, 3.63) is 60.2 Å². The second-order valence-electron chi connectivity index (χ2n) is 12.1. The first-order chi connectivity index (χ1) is 16.7. The van der Waals surface area contributed by atoms with E-state index < -0.39 is 13.9 Å². The maximum Gasteiger partial charge on any atom is 0.410 e. The van der Waals surface area contributed by atoms with Crippen molar-refractivity contribution in [2.75, 3.05) is 31.1 Å². The first-order valence-corrected chi connectivity index (χ1v) is 15.8. The van der Waals surface area contributed by atoms with Gasteiger partial charge in [0.1, 0.15) is 18.0 Å². The van der Waals surface area contributed by atoms with Crippen molar-refractivity contribution in [2.24, 2.45) is 0 Å². The summed E-state index contributed by atoms with van der Waals surface area (Å²) >= 11 is 0. The Morgan fingerprint density at radius 1 is 0.944 bits per heavy atom. The fourth-order valence-corrected chi connectivity index (χ4v) is 4.85. The van der Waals surface area contributed by atoms with Crippen LogP contribution in [0.1, 0.15) is 47.1 Å². The molecule has 0 aliphatic carbocycles. The zero-order chi connectivity index (χ0) is 26.6. The number of benzene rings is 2. The molecule has 0 bridgehead atoms. The van der Waals surface area contributed by atoms with Crippen molar-refractivity contribution in [2.45, 2.75) is 77.9 Å². The number of ether oxygens (including phenoxy) is 2. The monoisotopic (exact) mass is 512 g/mol. The molecule has 0 aromatic heterocycles. The predicted octanol–water partition coefficient (Wildman–Crippen LogP) is 6.71. The Labute approximate surface area is 218 Å². The number of piperazine rings is 1. The highest BCUT2D eigenvalue weighted by molar-refractivity contribution is 6.74. The Hall–Kier alpha value is -2.51. The normalized spacial score (nSPS) is 17.2. The summed E-state index contributed by atoms with van der Waals surface area (Å²) in [5, 5.41) is 0.105. The summed E-state index contributed by atoms with van der Waals surface area (Å²) in [6.45, 7) is 20.0. The maximum absolute atomic E-state index is 13.0. The van der Waals surface area contributed by atoms with Crippen molar-refractivity contribution in [1.82, 2.24) is 4.90 Å². The summed E-state index contributed by atoms with van der Waals surface area (Å²) in [5.74, 6) is 0.841. The van der Waals surface area contributed by atoms with E-state index in [4.69, 9.17) is 13.9 Å². The Morgan fingerprint density at radius 3 is 2.17 bits per heavy atom. The lowest BCUT2D eigenvalue weighted by atomic mass is 10.1. The lowest BCUT2D eigenvalue weighted by molar-refractivity contribution is 0.00783. The van der Waals surface area contributed by atoms with E-state index in [-0.39, 0.29) is 17.2 Å². The number of hydrogen-bond donors (Lipinski definition) is 0. The van der Waals surface area contributed by atoms with Crippen molar-refractivity contribution >= 4 is 20.1 Å². The van der Waals surface area contributed by atoms with Gasteiger partial charge in [-0.25, -0.2) is 4.79 Å². The smallest absolute Gasteiger partial charge is 0.410 e. The molecule has 2 aromatic carbocycles. The lowest BCUT2D eigenvalue weighted by Gasteiger charge is -2.44. The number of rotatable bonds is 7. The van der Waals surface area contributed by atoms with Gasteiger partial charge in [0.2, 0.25) is 0 Å². The number of carbonyl (C=O) groups excluding carboxylic acids is 1. The summed E-state index contributed by atoms with van der Waals surface area (Å²) in [4.78, 5) is 17.2. The lowest BCUT2D eigenvalue weighted by Crippen LogP contribution is -2.59. The summed E-state index contributed by atoms with van der Waals surface area (Å²) in [6.07, 6.45) is -0.268. The van der Waals surface area contributed by atoms with E-state index in [1.54, 1.807) is 0 Å². The molecule has 36 heavy (non-hydrogen) atoms. The second kappa shape index (κ2) is 11.3. The molecule has 1 atom stereocenters. The fourth-order valence-electron chi connectivity index (χ4n) is 3.81. The highest BCUT2D eigenvalue weighted by atomic mass is 28.4. The third-order valence-corrected chi connectivity index (χ3v) is 11.5. The number of anilines is 1. The molecular formula is C29H44N2O4Si. The second-order valence-corrected chi connectivity index (χ2v) is 16.9. The number of nitrogens with zero attached hydrogens (tertiary/aromatic N) is 2. The van der Waals surface area contributed by atoms with E-state index in [1.165, 1.54) is 0 Å². The van der Waals surface area contributed by atoms with Gasteiger partial charge in [0, 0.05) is 25.3 Å². The predicted molar refractivity (Wildman–Crippen MR) is 149 cm³/mol. The van der Waals surface area contributed by atoms with Crippen LogP contribution in [-0.4, -0.2) is 57.2 Å². The molecule has 0 spiro atoms. The van der Waals surface area contributed by atoms with Crippen LogP contribution < -0.4 is 9.64 Å². The van der Waals surface area contributed by atoms with Gasteiger partial charge in [-0.2, -0.15) is 0 Å². The third-order valence-electron chi connectivity index (χ3n) is 7.00. The van der Waals surface area contributed by atoms with Crippen LogP contribution in [0.15, 0.2) is 54.6 Å². The molecule has 1 heterocycles. The zero-order valence-corrected chi connectivity index (χ0v) is 24.3. The molecule has 0 unspecified atom stereocenters. The number of amides is 1. The van der Waals surface area contributed by atoms with Gasteiger partial charge in [-0.15, -0.1) is 0 Å². The van der Waals surface area contributed by atoms with Gasteiger partial charge >= 0.3 is 6.09 Å². The van der Waals surface area contributed by atoms with Crippen molar-refractivity contribution < 1.29 is 18.7 Å². The summed E-state index contributed by atoms with van der Waals surface area (Å²) in [6, 6.07) is 18.3. The van der Waals surface area contributed by atoms with E-state index in [0.29, 0.717) is 26.3 Å². The van der Waals surface area contributed by atoms with Crippen molar-refractivity contribution in [1.29, 1.82) is 0 Å². The minimum atomic E-state index is -1.96. The van der Waals surface area contributed by atoms with E-state index in [0.717, 1.165) is 23.5 Å². The highest BCUT2D eigenvalue weighted by Gasteiger charge is 2.40. The van der Waals surface area contributed by atoms with Crippen LogP contribution in [-0.2, 0) is 15.8 Å². The van der Waals surface area contributed by atoms with Crippen LogP contribution in [0.4, 0.5) is 10.5 Å². The highest BCUT2D eigenvalue weighted by Crippen LogP contribution is 2.37. The van der Waals surface area contributed by atoms with Crippen LogP contribution in [0.3, 0.4) is 0 Å². The number of hydrogen-bond acceptors (Lipinski definition) is 5. The van der Waals surface area contributed by atoms with Gasteiger partial charge in [-0.3, -0.25) is 4.90 Å². The van der Waals surface area contributed by atoms with Crippen molar-refractivity contribution in [3.8, 4) is 5.75 Å². The Kier molecular flexibility index (Phi) is 8.78. The maximum atomic E-state index is 13.0. The van der Waals surface area contributed by atoms with Crippen LogP contribution in [0, 0.1) is 0 Å². The molecule has 1 aliphatic rings. The molecule has 0 N–H and O–H groups in total. The molecule has 1 aliphatic heterocycles. The molecule has 198 valence electrons.